The lowest BCUT2D eigenvalue weighted by molar-refractivity contribution is 0.0953. The molecular formula is C19H19FN2OS. The van der Waals surface area contributed by atoms with E-state index in [1.54, 1.807) is 23.5 Å². The first kappa shape index (κ1) is 16.5. The first-order valence-electron chi connectivity index (χ1n) is 7.81. The molecule has 1 N–H and O–H groups in total. The molecule has 124 valence electrons. The summed E-state index contributed by atoms with van der Waals surface area (Å²) in [6.45, 7) is 4.46. The smallest absolute Gasteiger partial charge is 0.253 e. The number of hydrogen-bond acceptors (Lipinski definition) is 2. The average Bonchev–Trinajstić information content (AvgIpc) is 3.17. The van der Waals surface area contributed by atoms with Crippen molar-refractivity contribution >= 4 is 17.2 Å². The van der Waals surface area contributed by atoms with Gasteiger partial charge in [0.05, 0.1) is 5.56 Å². The summed E-state index contributed by atoms with van der Waals surface area (Å²) < 4.78 is 15.1. The highest BCUT2D eigenvalue weighted by Gasteiger charge is 2.16. The van der Waals surface area contributed by atoms with Gasteiger partial charge in [0.1, 0.15) is 5.82 Å². The van der Waals surface area contributed by atoms with E-state index in [4.69, 9.17) is 0 Å². The summed E-state index contributed by atoms with van der Waals surface area (Å²) in [5.74, 6) is -0.347. The third-order valence-corrected chi connectivity index (χ3v) is 4.93. The van der Waals surface area contributed by atoms with Crippen LogP contribution in [0.25, 0.3) is 5.69 Å². The highest BCUT2D eigenvalue weighted by molar-refractivity contribution is 7.09. The van der Waals surface area contributed by atoms with Gasteiger partial charge >= 0.3 is 0 Å². The molecule has 1 amide bonds. The Morgan fingerprint density at radius 2 is 1.96 bits per heavy atom. The molecule has 0 spiro atoms. The quantitative estimate of drug-likeness (QED) is 0.738. The summed E-state index contributed by atoms with van der Waals surface area (Å²) in [6.07, 6.45) is 0.833. The fraction of sp³-hybridized carbons (Fsp3) is 0.211. The molecule has 0 saturated carbocycles. The summed E-state index contributed by atoms with van der Waals surface area (Å²) in [5.41, 5.74) is 3.31. The van der Waals surface area contributed by atoms with E-state index < -0.39 is 0 Å². The molecule has 3 rings (SSSR count). The fourth-order valence-corrected chi connectivity index (χ4v) is 3.54. The molecule has 2 aromatic heterocycles. The minimum Gasteiger partial charge on any atom is -0.352 e. The number of aryl methyl sites for hydroxylation is 1. The molecule has 0 aliphatic heterocycles. The molecule has 0 aliphatic carbocycles. The second-order valence-electron chi connectivity index (χ2n) is 5.68. The van der Waals surface area contributed by atoms with Gasteiger partial charge in [-0.25, -0.2) is 4.39 Å². The van der Waals surface area contributed by atoms with Gasteiger partial charge < -0.3 is 9.88 Å². The van der Waals surface area contributed by atoms with E-state index in [0.717, 1.165) is 23.5 Å². The molecule has 3 nitrogen and oxygen atoms in total. The normalized spacial score (nSPS) is 10.8. The Kier molecular flexibility index (Phi) is 4.81. The number of carbonyl (C=O) groups is 1. The lowest BCUT2D eigenvalue weighted by atomic mass is 10.2. The van der Waals surface area contributed by atoms with Crippen LogP contribution >= 0.6 is 11.3 Å². The zero-order valence-corrected chi connectivity index (χ0v) is 14.5. The van der Waals surface area contributed by atoms with Crippen molar-refractivity contribution in [3.63, 3.8) is 0 Å². The molecule has 24 heavy (non-hydrogen) atoms. The number of nitrogens with one attached hydrogen (secondary N) is 1. The number of carbonyl (C=O) groups excluding carboxylic acids is 1. The van der Waals surface area contributed by atoms with Crippen molar-refractivity contribution in [2.45, 2.75) is 20.3 Å². The van der Waals surface area contributed by atoms with Gasteiger partial charge in [0.15, 0.2) is 0 Å². The molecule has 1 aromatic carbocycles. The van der Waals surface area contributed by atoms with Crippen molar-refractivity contribution in [3.8, 4) is 5.69 Å². The first-order chi connectivity index (χ1) is 11.6. The van der Waals surface area contributed by atoms with E-state index in [0.29, 0.717) is 12.1 Å². The molecule has 3 aromatic rings. The maximum Gasteiger partial charge on any atom is 0.253 e. The zero-order chi connectivity index (χ0) is 17.1. The zero-order valence-electron chi connectivity index (χ0n) is 13.7. The number of rotatable bonds is 5. The Bertz CT molecular complexity index is 835. The average molecular weight is 342 g/mol. The fourth-order valence-electron chi connectivity index (χ4n) is 2.83. The van der Waals surface area contributed by atoms with E-state index in [9.17, 15) is 9.18 Å². The van der Waals surface area contributed by atoms with Crippen molar-refractivity contribution in [1.82, 2.24) is 9.88 Å². The number of halogens is 1. The van der Waals surface area contributed by atoms with Crippen molar-refractivity contribution in [1.29, 1.82) is 0 Å². The highest BCUT2D eigenvalue weighted by atomic mass is 32.1. The summed E-state index contributed by atoms with van der Waals surface area (Å²) in [5, 5.41) is 5.01. The lowest BCUT2D eigenvalue weighted by Gasteiger charge is -2.10. The van der Waals surface area contributed by atoms with Gasteiger partial charge in [0, 0.05) is 28.5 Å². The minimum atomic E-state index is -0.271. The number of benzene rings is 1. The lowest BCUT2D eigenvalue weighted by Crippen LogP contribution is -2.25. The predicted octanol–water partition coefficient (Wildman–Crippen LogP) is 4.27. The van der Waals surface area contributed by atoms with Crippen LogP contribution in [0.2, 0.25) is 0 Å². The number of amides is 1. The van der Waals surface area contributed by atoms with Crippen LogP contribution in [-0.4, -0.2) is 17.0 Å². The predicted molar refractivity (Wildman–Crippen MR) is 95.6 cm³/mol. The summed E-state index contributed by atoms with van der Waals surface area (Å²) in [4.78, 5) is 13.7. The maximum absolute atomic E-state index is 13.1. The van der Waals surface area contributed by atoms with Crippen molar-refractivity contribution in [2.24, 2.45) is 0 Å². The van der Waals surface area contributed by atoms with Gasteiger partial charge in [-0.05, 0) is 62.0 Å². The standard InChI is InChI=1S/C19H19FN2OS/c1-13-12-18(19(23)21-10-9-17-4-3-11-24-17)14(2)22(13)16-7-5-15(20)6-8-16/h3-8,11-12H,9-10H2,1-2H3,(H,21,23). The molecule has 0 radical (unpaired) electrons. The molecule has 5 heteroatoms. The Labute approximate surface area is 144 Å². The third kappa shape index (κ3) is 3.41. The highest BCUT2D eigenvalue weighted by Crippen LogP contribution is 2.21. The number of hydrogen-bond donors (Lipinski definition) is 1. The Morgan fingerprint density at radius 1 is 1.21 bits per heavy atom. The van der Waals surface area contributed by atoms with Crippen LogP contribution in [0.4, 0.5) is 4.39 Å². The van der Waals surface area contributed by atoms with Gasteiger partial charge in [-0.15, -0.1) is 11.3 Å². The largest absolute Gasteiger partial charge is 0.352 e. The van der Waals surface area contributed by atoms with Crippen LogP contribution in [0.15, 0.2) is 47.8 Å². The van der Waals surface area contributed by atoms with Crippen LogP contribution in [0.3, 0.4) is 0 Å². The number of nitrogens with zero attached hydrogens (tertiary/aromatic N) is 1. The second kappa shape index (κ2) is 7.01. The third-order valence-electron chi connectivity index (χ3n) is 4.00. The van der Waals surface area contributed by atoms with Crippen LogP contribution in [-0.2, 0) is 6.42 Å². The van der Waals surface area contributed by atoms with E-state index in [1.165, 1.54) is 17.0 Å². The molecule has 0 fully saturated rings. The van der Waals surface area contributed by atoms with Crippen molar-refractivity contribution < 1.29 is 9.18 Å². The first-order valence-corrected chi connectivity index (χ1v) is 8.69. The van der Waals surface area contributed by atoms with Crippen LogP contribution < -0.4 is 5.32 Å². The van der Waals surface area contributed by atoms with Gasteiger partial charge in [-0.3, -0.25) is 4.79 Å². The van der Waals surface area contributed by atoms with Gasteiger partial charge in [-0.2, -0.15) is 0 Å². The minimum absolute atomic E-state index is 0.0759. The van der Waals surface area contributed by atoms with Gasteiger partial charge in [-0.1, -0.05) is 6.07 Å². The second-order valence-corrected chi connectivity index (χ2v) is 6.71. The van der Waals surface area contributed by atoms with E-state index in [1.807, 2.05) is 35.9 Å². The van der Waals surface area contributed by atoms with Crippen molar-refractivity contribution in [2.75, 3.05) is 6.54 Å². The monoisotopic (exact) mass is 342 g/mol. The summed E-state index contributed by atoms with van der Waals surface area (Å²) in [7, 11) is 0. The topological polar surface area (TPSA) is 34.0 Å². The van der Waals surface area contributed by atoms with E-state index in [2.05, 4.69) is 11.4 Å². The SMILES string of the molecule is Cc1cc(C(=O)NCCc2cccs2)c(C)n1-c1ccc(F)cc1. The van der Waals surface area contributed by atoms with Crippen molar-refractivity contribution in [3.05, 3.63) is 75.5 Å². The van der Waals surface area contributed by atoms with Gasteiger partial charge in [0.2, 0.25) is 0 Å². The molecule has 0 unspecified atom stereocenters. The molecular weight excluding hydrogens is 323 g/mol. The van der Waals surface area contributed by atoms with Gasteiger partial charge in [0.25, 0.3) is 5.91 Å². The van der Waals surface area contributed by atoms with E-state index >= 15 is 0 Å². The van der Waals surface area contributed by atoms with Crippen LogP contribution in [0, 0.1) is 19.7 Å². The molecule has 0 atom stereocenters. The van der Waals surface area contributed by atoms with Crippen LogP contribution in [0.1, 0.15) is 26.6 Å². The summed E-state index contributed by atoms with van der Waals surface area (Å²) >= 11 is 1.69. The van der Waals surface area contributed by atoms with Crippen LogP contribution in [0.5, 0.6) is 0 Å². The maximum atomic E-state index is 13.1. The Balaban J connectivity index is 1.75. The number of thiophene rings is 1. The Morgan fingerprint density at radius 3 is 2.62 bits per heavy atom. The molecule has 0 bridgehead atoms. The number of aromatic nitrogens is 1. The summed E-state index contributed by atoms with van der Waals surface area (Å²) in [6, 6.07) is 12.2. The Hall–Kier alpha value is -2.40. The molecule has 0 saturated heterocycles. The van der Waals surface area contributed by atoms with E-state index in [-0.39, 0.29) is 11.7 Å². The molecule has 2 heterocycles. The molecule has 0 aliphatic rings.